The summed E-state index contributed by atoms with van der Waals surface area (Å²) in [5.74, 6) is -1.46. The third-order valence-corrected chi connectivity index (χ3v) is 13.0. The van der Waals surface area contributed by atoms with E-state index in [0.717, 1.165) is 149 Å². The van der Waals surface area contributed by atoms with Crippen LogP contribution in [0.2, 0.25) is 0 Å². The van der Waals surface area contributed by atoms with Gasteiger partial charge in [-0.15, -0.1) is 0 Å². The van der Waals surface area contributed by atoms with Gasteiger partial charge in [0.05, 0.1) is 19.8 Å². The second kappa shape index (κ2) is 53.8. The van der Waals surface area contributed by atoms with Gasteiger partial charge in [0, 0.05) is 59.2 Å². The molecule has 0 saturated heterocycles. The van der Waals surface area contributed by atoms with Crippen molar-refractivity contribution in [2.24, 2.45) is 63.1 Å². The Balaban J connectivity index is 7.14. The Labute approximate surface area is 460 Å². The van der Waals surface area contributed by atoms with Gasteiger partial charge in [-0.3, -0.25) is 9.59 Å². The summed E-state index contributed by atoms with van der Waals surface area (Å²) in [6, 6.07) is 0. The van der Waals surface area contributed by atoms with Gasteiger partial charge in [0.15, 0.2) is 17.9 Å². The number of nitrogens with zero attached hydrogens (tertiary/aromatic N) is 5. The highest BCUT2D eigenvalue weighted by atomic mass is 16.6. The molecule has 24 heteroatoms. The van der Waals surface area contributed by atoms with Crippen LogP contribution in [0, 0.1) is 0 Å². The predicted octanol–water partition coefficient (Wildman–Crippen LogP) is -2.95. The van der Waals surface area contributed by atoms with Gasteiger partial charge in [0.1, 0.15) is 0 Å². The summed E-state index contributed by atoms with van der Waals surface area (Å²) in [4.78, 5) is 40.3. The van der Waals surface area contributed by atoms with E-state index in [-0.39, 0.29) is 33.0 Å². The van der Waals surface area contributed by atoms with Crippen molar-refractivity contribution in [3.05, 3.63) is 0 Å². The maximum absolute atomic E-state index is 15.2. The Morgan fingerprint density at radius 1 is 0.342 bits per heavy atom. The molecule has 0 aromatic carbocycles. The first-order valence-electron chi connectivity index (χ1n) is 29.3. The molecule has 0 radical (unpaired) electrons. The highest BCUT2D eigenvalue weighted by Gasteiger charge is 2.41. The number of carbonyl (C=O) groups is 2. The maximum atomic E-state index is 15.2. The summed E-state index contributed by atoms with van der Waals surface area (Å²) in [6.45, 7) is 19.0. The van der Waals surface area contributed by atoms with Gasteiger partial charge < -0.3 is 117 Å². The van der Waals surface area contributed by atoms with Crippen LogP contribution in [0.25, 0.3) is 0 Å². The molecule has 0 aliphatic carbocycles. The largest absolute Gasteiger partial charge is 0.376 e. The van der Waals surface area contributed by atoms with E-state index in [4.69, 9.17) is 86.8 Å². The molecule has 0 aliphatic rings. The van der Waals surface area contributed by atoms with Crippen molar-refractivity contribution >= 4 is 11.8 Å². The fourth-order valence-corrected chi connectivity index (χ4v) is 8.78. The Morgan fingerprint density at radius 2 is 0.579 bits per heavy atom. The molecule has 0 spiro atoms. The van der Waals surface area contributed by atoms with Gasteiger partial charge in [-0.25, -0.2) is 0 Å². The van der Waals surface area contributed by atoms with Crippen molar-refractivity contribution in [3.8, 4) is 0 Å². The molecule has 454 valence electrons. The van der Waals surface area contributed by atoms with E-state index >= 15 is 4.79 Å². The molecule has 2 atom stereocenters. The number of nitrogens with two attached hydrogens (primary N) is 11. The third-order valence-electron chi connectivity index (χ3n) is 13.0. The van der Waals surface area contributed by atoms with E-state index in [2.05, 4.69) is 29.8 Å². The van der Waals surface area contributed by atoms with Crippen LogP contribution >= 0.6 is 0 Å². The van der Waals surface area contributed by atoms with Crippen LogP contribution in [0.4, 0.5) is 0 Å². The zero-order valence-electron chi connectivity index (χ0n) is 47.8. The molecule has 2 amide bonds. The van der Waals surface area contributed by atoms with E-state index in [1.54, 1.807) is 0 Å². The number of rotatable bonds is 61. The molecule has 0 aromatic rings. The lowest BCUT2D eigenvalue weighted by Crippen LogP contribution is -2.62. The normalized spacial score (nSPS) is 13.1. The van der Waals surface area contributed by atoms with Gasteiger partial charge in [-0.1, -0.05) is 0 Å². The lowest BCUT2D eigenvalue weighted by Gasteiger charge is -2.37. The average molecular weight is 1090 g/mol. The van der Waals surface area contributed by atoms with E-state index in [1.807, 2.05) is 0 Å². The molecule has 23 N–H and O–H groups in total. The molecule has 0 aliphatic heterocycles. The fraction of sp³-hybridized carbons (Fsp3) is 0.962. The highest BCUT2D eigenvalue weighted by molar-refractivity contribution is 5.90. The maximum Gasteiger partial charge on any atom is 0.254 e. The summed E-state index contributed by atoms with van der Waals surface area (Å²) in [7, 11) is 0. The minimum Gasteiger partial charge on any atom is -0.376 e. The van der Waals surface area contributed by atoms with Crippen LogP contribution in [0.15, 0.2) is 0 Å². The van der Waals surface area contributed by atoms with Crippen LogP contribution in [0.5, 0.6) is 0 Å². The highest BCUT2D eigenvalue weighted by Crippen LogP contribution is 2.17. The third kappa shape index (κ3) is 40.3. The summed E-state index contributed by atoms with van der Waals surface area (Å²) >= 11 is 0. The van der Waals surface area contributed by atoms with Crippen molar-refractivity contribution in [2.45, 2.75) is 114 Å². The molecule has 0 heterocycles. The first kappa shape index (κ1) is 74.1. The molecular formula is C52H119N17O7. The smallest absolute Gasteiger partial charge is 0.254 e. The number of amides is 2. The van der Waals surface area contributed by atoms with Crippen LogP contribution < -0.4 is 68.4 Å². The summed E-state index contributed by atoms with van der Waals surface area (Å²) < 4.78 is 32.5. The van der Waals surface area contributed by atoms with E-state index < -0.39 is 29.7 Å². The number of nitrogens with one attached hydrogen (secondary N) is 1. The predicted molar refractivity (Wildman–Crippen MR) is 309 cm³/mol. The topological polar surface area (TPSA) is 395 Å². The summed E-state index contributed by atoms with van der Waals surface area (Å²) in [5, 5.41) is 3.18. The molecule has 0 saturated carbocycles. The van der Waals surface area contributed by atoms with Crippen molar-refractivity contribution in [1.82, 2.24) is 29.8 Å². The van der Waals surface area contributed by atoms with Gasteiger partial charge >= 0.3 is 0 Å². The standard InChI is InChI=1S/C52H119N17O7/c53-16-1-26-65(27-2-17-54)36-11-41-72-46-52(76-45-15-40-69(34-9-24-61)35-10-25-62,47-73-42-12-37-66(28-3-18-55)29-4-19-56)64-51(71)49(75-44-14-39-68(32-7-22-59)33-8-23-60)48(50(63)70)74-43-13-38-67(30-5-20-57)31-6-21-58/h48-49H,1-47,53-62H2,(H2,63,70)(H,64,71). The lowest BCUT2D eigenvalue weighted by atomic mass is 10.1. The van der Waals surface area contributed by atoms with E-state index in [1.165, 1.54) is 0 Å². The molecule has 0 bridgehead atoms. The lowest BCUT2D eigenvalue weighted by molar-refractivity contribution is -0.179. The molecule has 2 unspecified atom stereocenters. The first-order valence-corrected chi connectivity index (χ1v) is 29.3. The quantitative estimate of drug-likeness (QED) is 0.0214. The van der Waals surface area contributed by atoms with Crippen molar-refractivity contribution in [2.75, 3.05) is 210 Å². The van der Waals surface area contributed by atoms with Crippen molar-refractivity contribution < 1.29 is 33.3 Å². The van der Waals surface area contributed by atoms with E-state index in [0.29, 0.717) is 124 Å². The minimum atomic E-state index is -1.51. The number of hydrogen-bond donors (Lipinski definition) is 12. The van der Waals surface area contributed by atoms with Crippen LogP contribution in [0.1, 0.15) is 96.3 Å². The van der Waals surface area contributed by atoms with Crippen LogP contribution in [-0.4, -0.2) is 264 Å². The Bertz CT molecular complexity index is 1210. The number of carbonyl (C=O) groups excluding carboxylic acids is 2. The van der Waals surface area contributed by atoms with Crippen molar-refractivity contribution in [3.63, 3.8) is 0 Å². The fourth-order valence-electron chi connectivity index (χ4n) is 8.78. The van der Waals surface area contributed by atoms with Gasteiger partial charge in [0.25, 0.3) is 5.91 Å². The van der Waals surface area contributed by atoms with Crippen LogP contribution in [-0.2, 0) is 33.3 Å². The van der Waals surface area contributed by atoms with E-state index in [9.17, 15) is 4.79 Å². The molecule has 0 fully saturated rings. The molecule has 0 rings (SSSR count). The zero-order chi connectivity index (χ0) is 56.2. The second-order valence-electron chi connectivity index (χ2n) is 19.8. The molecular weight excluding hydrogens is 975 g/mol. The van der Waals surface area contributed by atoms with Gasteiger partial charge in [-0.2, -0.15) is 0 Å². The Hall–Kier alpha value is -1.86. The molecule has 24 nitrogen and oxygen atoms in total. The van der Waals surface area contributed by atoms with Gasteiger partial charge in [0.2, 0.25) is 5.91 Å². The zero-order valence-corrected chi connectivity index (χ0v) is 47.8. The second-order valence-corrected chi connectivity index (χ2v) is 19.8. The summed E-state index contributed by atoms with van der Waals surface area (Å²) in [5.41, 5.74) is 63.4. The van der Waals surface area contributed by atoms with Gasteiger partial charge in [-0.05, 0) is 227 Å². The number of primary amides is 1. The van der Waals surface area contributed by atoms with Crippen molar-refractivity contribution in [1.29, 1.82) is 0 Å². The first-order chi connectivity index (χ1) is 37.1. The Morgan fingerprint density at radius 3 is 0.842 bits per heavy atom. The SMILES string of the molecule is NCCCN(CCCN)CCCOCC(COCCCN(CCCN)CCCN)(NC(=O)C(OCCCN(CCCN)CCCN)C(OCCCN(CCCN)CCCN)C(N)=O)OCCCN(CCCN)CCCN. The summed E-state index contributed by atoms with van der Waals surface area (Å²) in [6.07, 6.45) is 8.86. The number of ether oxygens (including phenoxy) is 5. The number of hydrogen-bond acceptors (Lipinski definition) is 22. The molecule has 0 aromatic heterocycles. The monoisotopic (exact) mass is 1090 g/mol. The molecule has 76 heavy (non-hydrogen) atoms. The van der Waals surface area contributed by atoms with Crippen LogP contribution in [0.3, 0.4) is 0 Å². The Kier molecular flexibility index (Phi) is 52.4. The average Bonchev–Trinajstić information content (AvgIpc) is 3.42. The minimum absolute atomic E-state index is 0.0545.